The number of carboxylic acids is 2. The summed E-state index contributed by atoms with van der Waals surface area (Å²) in [5, 5.41) is 35.7. The number of aliphatic hydroxyl groups is 2. The maximum Gasteiger partial charge on any atom is 1.00 e. The molecule has 2 atom stereocenters. The monoisotopic (exact) mass is 318 g/mol. The average molecular weight is 318 g/mol. The van der Waals surface area contributed by atoms with Gasteiger partial charge in [0.1, 0.15) is 12.2 Å². The summed E-state index contributed by atoms with van der Waals surface area (Å²) in [7, 11) is 0. The van der Waals surface area contributed by atoms with Crippen molar-refractivity contribution in [3.63, 3.8) is 0 Å². The molecule has 0 heterocycles. The van der Waals surface area contributed by atoms with Crippen molar-refractivity contribution >= 4 is 11.9 Å². The van der Waals surface area contributed by atoms with E-state index in [0.717, 1.165) is 0 Å². The van der Waals surface area contributed by atoms with Crippen LogP contribution in [0.25, 0.3) is 0 Å². The molecule has 0 aromatic heterocycles. The summed E-state index contributed by atoms with van der Waals surface area (Å²) >= 11 is 0. The number of rotatable bonds is 3. The van der Waals surface area contributed by atoms with Crippen LogP contribution in [0.4, 0.5) is 0 Å². The zero-order valence-electron chi connectivity index (χ0n) is 9.68. The molecule has 0 rings (SSSR count). The third kappa shape index (κ3) is 26.0. The predicted molar refractivity (Wildman–Crippen MR) is 43.7 cm³/mol. The molecule has 14 heteroatoms. The van der Waals surface area contributed by atoms with Crippen molar-refractivity contribution in [1.82, 2.24) is 0 Å². The van der Waals surface area contributed by atoms with Gasteiger partial charge in [-0.2, -0.15) is 0 Å². The molecule has 12 nitrogen and oxygen atoms in total. The number of hydrogen-bond donors (Lipinski definition) is 2. The molecule has 0 aromatic carbocycles. The first-order chi connectivity index (χ1) is 4.46. The minimum atomic E-state index is -2.44. The summed E-state index contributed by atoms with van der Waals surface area (Å²) in [5.74, 6) is -4.12. The van der Waals surface area contributed by atoms with E-state index in [4.69, 9.17) is 10.2 Å². The minimum Gasteiger partial charge on any atom is -0.547 e. The van der Waals surface area contributed by atoms with Gasteiger partial charge in [-0.15, -0.1) is 0 Å². The Bertz CT molecular complexity index is 148. The fourth-order valence-corrected chi connectivity index (χ4v) is 0.258. The van der Waals surface area contributed by atoms with Crippen molar-refractivity contribution in [1.29, 1.82) is 0 Å². The largest absolute Gasteiger partial charge is 1.00 e. The molecule has 18 heavy (non-hydrogen) atoms. The number of aliphatic carboxylic acids is 2. The van der Waals surface area contributed by atoms with Gasteiger partial charge in [0.25, 0.3) is 0 Å². The van der Waals surface area contributed by atoms with Crippen LogP contribution in [0.1, 0.15) is 0 Å². The molecule has 2 unspecified atom stereocenters. The Balaban J connectivity index is -0.0000000145. The summed E-state index contributed by atoms with van der Waals surface area (Å²) in [4.78, 5) is 19.3. The standard InChI is InChI=1S/C4H6O6.K.Na.6H2O/c5-1(3(7)8)2(6)4(9)10;;;;;;;;/h1-2,5-6H,(H,7,8)(H,9,10);;;6*1H2/q;2*+1;;;;;;/p-2. The molecule has 0 aliphatic carbocycles. The summed E-state index contributed by atoms with van der Waals surface area (Å²) in [5.41, 5.74) is 0. The van der Waals surface area contributed by atoms with Crippen LogP contribution >= 0.6 is 0 Å². The van der Waals surface area contributed by atoms with E-state index >= 15 is 0 Å². The van der Waals surface area contributed by atoms with Crippen LogP contribution in [-0.2, 0) is 9.59 Å². The molecule has 0 aliphatic heterocycles. The van der Waals surface area contributed by atoms with E-state index in [-0.39, 0.29) is 114 Å². The van der Waals surface area contributed by atoms with E-state index in [1.165, 1.54) is 0 Å². The van der Waals surface area contributed by atoms with Gasteiger partial charge >= 0.3 is 80.9 Å². The van der Waals surface area contributed by atoms with Gasteiger partial charge in [-0.25, -0.2) is 0 Å². The average Bonchev–Trinajstić information content (AvgIpc) is 1.84. The molecule has 0 saturated carbocycles. The summed E-state index contributed by atoms with van der Waals surface area (Å²) in [6.45, 7) is 0. The number of carboxylic acid groups (broad SMARTS) is 2. The second kappa shape index (κ2) is 30.9. The van der Waals surface area contributed by atoms with Crippen LogP contribution in [0, 0.1) is 0 Å². The van der Waals surface area contributed by atoms with E-state index < -0.39 is 24.1 Å². The van der Waals surface area contributed by atoms with Crippen LogP contribution in [0.2, 0.25) is 0 Å². The fraction of sp³-hybridized carbons (Fsp3) is 0.500. The topological polar surface area (TPSA) is 310 Å². The Labute approximate surface area is 166 Å². The molecule has 0 saturated heterocycles. The van der Waals surface area contributed by atoms with Crippen molar-refractivity contribution in [3.8, 4) is 0 Å². The van der Waals surface area contributed by atoms with Crippen molar-refractivity contribution in [3.05, 3.63) is 0 Å². The van der Waals surface area contributed by atoms with Crippen molar-refractivity contribution < 1.29 is 144 Å². The Morgan fingerprint density at radius 3 is 0.889 bits per heavy atom. The number of carbonyl (C=O) groups is 2. The van der Waals surface area contributed by atoms with Gasteiger partial charge in [-0.3, -0.25) is 0 Å². The van der Waals surface area contributed by atoms with Crippen molar-refractivity contribution in [2.24, 2.45) is 0 Å². The Hall–Kier alpha value is 1.26. The van der Waals surface area contributed by atoms with Crippen molar-refractivity contribution in [2.45, 2.75) is 12.2 Å². The molecule has 0 bridgehead atoms. The smallest absolute Gasteiger partial charge is 0.547 e. The second-order valence-corrected chi connectivity index (χ2v) is 1.53. The SMILES string of the molecule is O.O.O.O.O.O.O=C([O-])C(O)C(O)C(=O)[O-].[K+].[Na+]. The van der Waals surface area contributed by atoms with Crippen LogP contribution in [-0.4, -0.2) is 67.2 Å². The predicted octanol–water partition coefficient (Wildman–Crippen LogP) is -15.7. The maximum atomic E-state index is 9.63. The molecule has 0 radical (unpaired) electrons. The zero-order chi connectivity index (χ0) is 8.31. The third-order valence-electron chi connectivity index (χ3n) is 0.782. The first-order valence-corrected chi connectivity index (χ1v) is 2.24. The van der Waals surface area contributed by atoms with Crippen molar-refractivity contribution in [2.75, 3.05) is 0 Å². The van der Waals surface area contributed by atoms with E-state index in [1.54, 1.807) is 0 Å². The van der Waals surface area contributed by atoms with Gasteiger partial charge in [-0.05, 0) is 0 Å². The maximum absolute atomic E-state index is 9.63. The van der Waals surface area contributed by atoms with Gasteiger partial charge < -0.3 is 62.9 Å². The number of hydrogen-bond acceptors (Lipinski definition) is 6. The van der Waals surface area contributed by atoms with Crippen LogP contribution < -0.4 is 91.2 Å². The van der Waals surface area contributed by atoms with Gasteiger partial charge in [0, 0.05) is 0 Å². The number of aliphatic hydroxyl groups excluding tert-OH is 2. The van der Waals surface area contributed by atoms with Gasteiger partial charge in [0.15, 0.2) is 0 Å². The summed E-state index contributed by atoms with van der Waals surface area (Å²) in [6.07, 6.45) is -4.88. The summed E-state index contributed by atoms with van der Waals surface area (Å²) < 4.78 is 0. The van der Waals surface area contributed by atoms with Gasteiger partial charge in [0.05, 0.1) is 11.9 Å². The van der Waals surface area contributed by atoms with Gasteiger partial charge in [0.2, 0.25) is 0 Å². The van der Waals surface area contributed by atoms with E-state index in [0.29, 0.717) is 0 Å². The Kier molecular flexibility index (Phi) is 105. The Morgan fingerprint density at radius 1 is 0.722 bits per heavy atom. The molecule has 106 valence electrons. The summed E-state index contributed by atoms with van der Waals surface area (Å²) in [6, 6.07) is 0. The molecule has 0 amide bonds. The second-order valence-electron chi connectivity index (χ2n) is 1.53. The molecule has 0 aliphatic rings. The Morgan fingerprint density at radius 2 is 0.833 bits per heavy atom. The molecular formula is C4H16KNaO12. The first-order valence-electron chi connectivity index (χ1n) is 2.24. The molecule has 0 aromatic rings. The van der Waals surface area contributed by atoms with E-state index in [2.05, 4.69) is 0 Å². The quantitative estimate of drug-likeness (QED) is 0.475. The third-order valence-corrected chi connectivity index (χ3v) is 0.782. The van der Waals surface area contributed by atoms with Crippen LogP contribution in [0.3, 0.4) is 0 Å². The number of carbonyl (C=O) groups excluding carboxylic acids is 2. The normalized spacial score (nSPS) is 8.78. The molecule has 14 N–H and O–H groups in total. The fourth-order valence-electron chi connectivity index (χ4n) is 0.258. The van der Waals surface area contributed by atoms with Gasteiger partial charge in [-0.1, -0.05) is 0 Å². The first kappa shape index (κ1) is 61.0. The van der Waals surface area contributed by atoms with E-state index in [9.17, 15) is 19.8 Å². The zero-order valence-corrected chi connectivity index (χ0v) is 14.8. The van der Waals surface area contributed by atoms with Crippen LogP contribution in [0.15, 0.2) is 0 Å². The minimum absolute atomic E-state index is 0. The van der Waals surface area contributed by atoms with E-state index in [1.807, 2.05) is 0 Å². The molecular weight excluding hydrogens is 302 g/mol. The van der Waals surface area contributed by atoms with Crippen LogP contribution in [0.5, 0.6) is 0 Å². The molecule has 0 fully saturated rings. The molecule has 0 spiro atoms.